The fraction of sp³-hybridized carbons (Fsp3) is 0.355. The van der Waals surface area contributed by atoms with Gasteiger partial charge in [0.2, 0.25) is 11.8 Å². The number of hydrogen-bond acceptors (Lipinski definition) is 5. The van der Waals surface area contributed by atoms with E-state index < -0.39 is 28.5 Å². The van der Waals surface area contributed by atoms with Gasteiger partial charge in [0.05, 0.1) is 17.7 Å². The third-order valence-corrected chi connectivity index (χ3v) is 8.75. The fourth-order valence-corrected chi connectivity index (χ4v) is 5.89. The third kappa shape index (κ3) is 8.24. The molecule has 1 N–H and O–H groups in total. The number of sulfonamides is 1. The largest absolute Gasteiger partial charge is 0.497 e. The summed E-state index contributed by atoms with van der Waals surface area (Å²) in [4.78, 5) is 28.9. The first kappa shape index (κ1) is 32.0. The van der Waals surface area contributed by atoms with Crippen molar-refractivity contribution in [2.75, 3.05) is 24.5 Å². The number of amides is 2. The minimum absolute atomic E-state index is 0.0304. The van der Waals surface area contributed by atoms with Gasteiger partial charge in [-0.05, 0) is 55.2 Å². The van der Waals surface area contributed by atoms with Crippen LogP contribution in [0.3, 0.4) is 0 Å². The van der Waals surface area contributed by atoms with Gasteiger partial charge in [-0.25, -0.2) is 8.42 Å². The first-order valence-electron chi connectivity index (χ1n) is 13.5. The van der Waals surface area contributed by atoms with Crippen LogP contribution in [0.2, 0.25) is 5.02 Å². The van der Waals surface area contributed by atoms with Crippen LogP contribution >= 0.6 is 11.6 Å². The average molecular weight is 600 g/mol. The van der Waals surface area contributed by atoms with E-state index in [1.54, 1.807) is 60.7 Å². The molecule has 0 aliphatic rings. The average Bonchev–Trinajstić information content (AvgIpc) is 2.95. The molecule has 10 heteroatoms. The number of benzene rings is 3. The molecule has 8 nitrogen and oxygen atoms in total. The van der Waals surface area contributed by atoms with Gasteiger partial charge in [0.1, 0.15) is 18.3 Å². The Morgan fingerprint density at radius 3 is 2.29 bits per heavy atom. The molecule has 0 aliphatic heterocycles. The lowest BCUT2D eigenvalue weighted by Crippen LogP contribution is -2.52. The highest BCUT2D eigenvalue weighted by atomic mass is 35.5. The molecule has 0 fully saturated rings. The Morgan fingerprint density at radius 2 is 1.68 bits per heavy atom. The van der Waals surface area contributed by atoms with Crippen molar-refractivity contribution >= 4 is 39.1 Å². The highest BCUT2D eigenvalue weighted by Crippen LogP contribution is 2.28. The van der Waals surface area contributed by atoms with E-state index in [2.05, 4.69) is 5.32 Å². The smallest absolute Gasteiger partial charge is 0.264 e. The molecule has 0 saturated carbocycles. The zero-order chi connectivity index (χ0) is 30.2. The normalized spacial score (nSPS) is 12.1. The molecule has 41 heavy (non-hydrogen) atoms. The number of aryl methyl sites for hydroxylation is 1. The lowest BCUT2D eigenvalue weighted by Gasteiger charge is -2.33. The van der Waals surface area contributed by atoms with Crippen LogP contribution in [-0.2, 0) is 26.2 Å². The summed E-state index contributed by atoms with van der Waals surface area (Å²) in [5, 5.41) is 3.36. The number of carbonyl (C=O) groups excluding carboxylic acids is 2. The van der Waals surface area contributed by atoms with Crippen molar-refractivity contribution in [1.82, 2.24) is 10.2 Å². The molecule has 0 spiro atoms. The molecule has 2 amide bonds. The Bertz CT molecular complexity index is 1440. The number of carbonyl (C=O) groups is 2. The van der Waals surface area contributed by atoms with Crippen molar-refractivity contribution in [1.29, 1.82) is 0 Å². The predicted octanol–water partition coefficient (Wildman–Crippen LogP) is 5.43. The summed E-state index contributed by atoms with van der Waals surface area (Å²) in [6.45, 7) is 7.58. The summed E-state index contributed by atoms with van der Waals surface area (Å²) in [5.74, 6) is -0.204. The molecule has 0 heterocycles. The molecule has 0 unspecified atom stereocenters. The Balaban J connectivity index is 2.08. The summed E-state index contributed by atoms with van der Waals surface area (Å²) in [7, 11) is -2.69. The van der Waals surface area contributed by atoms with Crippen molar-refractivity contribution in [2.24, 2.45) is 5.92 Å². The standard InChI is InChI=1S/C31H38ClN3O5S/c1-6-29(31(37)33-19-22(2)3)34(20-24-10-7-8-13-28(24)32)30(36)21-35(25-11-9-12-26(18-25)40-5)41(38,39)27-16-14-23(4)15-17-27/h7-18,22,29H,6,19-21H2,1-5H3,(H,33,37)/t29-/m1/s1. The van der Waals surface area contributed by atoms with E-state index in [1.165, 1.54) is 24.1 Å². The Morgan fingerprint density at radius 1 is 1.00 bits per heavy atom. The number of anilines is 1. The van der Waals surface area contributed by atoms with E-state index in [0.717, 1.165) is 9.87 Å². The lowest BCUT2D eigenvalue weighted by atomic mass is 10.1. The van der Waals surface area contributed by atoms with E-state index in [0.29, 0.717) is 29.3 Å². The predicted molar refractivity (Wildman–Crippen MR) is 163 cm³/mol. The summed E-state index contributed by atoms with van der Waals surface area (Å²) in [6, 6.07) is 19.2. The van der Waals surface area contributed by atoms with Gasteiger partial charge in [0.25, 0.3) is 10.0 Å². The summed E-state index contributed by atoms with van der Waals surface area (Å²) < 4.78 is 34.3. The lowest BCUT2D eigenvalue weighted by molar-refractivity contribution is -0.140. The second kappa shape index (κ2) is 14.4. The molecule has 220 valence electrons. The maximum atomic E-state index is 14.1. The van der Waals surface area contributed by atoms with Gasteiger partial charge in [-0.3, -0.25) is 13.9 Å². The maximum Gasteiger partial charge on any atom is 0.264 e. The van der Waals surface area contributed by atoms with Crippen molar-refractivity contribution in [3.8, 4) is 5.75 Å². The second-order valence-electron chi connectivity index (χ2n) is 10.2. The highest BCUT2D eigenvalue weighted by molar-refractivity contribution is 7.92. The molecule has 0 saturated heterocycles. The molecule has 3 aromatic carbocycles. The molecule has 0 aliphatic carbocycles. The molecule has 0 radical (unpaired) electrons. The van der Waals surface area contributed by atoms with Gasteiger partial charge in [0, 0.05) is 24.2 Å². The number of nitrogens with zero attached hydrogens (tertiary/aromatic N) is 2. The SMILES string of the molecule is CC[C@H](C(=O)NCC(C)C)N(Cc1ccccc1Cl)C(=O)CN(c1cccc(OC)c1)S(=O)(=O)c1ccc(C)cc1. The zero-order valence-electron chi connectivity index (χ0n) is 24.1. The highest BCUT2D eigenvalue weighted by Gasteiger charge is 2.34. The summed E-state index contributed by atoms with van der Waals surface area (Å²) >= 11 is 6.44. The third-order valence-electron chi connectivity index (χ3n) is 6.60. The van der Waals surface area contributed by atoms with Crippen LogP contribution in [0, 0.1) is 12.8 Å². The van der Waals surface area contributed by atoms with Gasteiger partial charge in [-0.2, -0.15) is 0 Å². The minimum atomic E-state index is -4.18. The van der Waals surface area contributed by atoms with Crippen LogP contribution in [0.1, 0.15) is 38.3 Å². The molecular weight excluding hydrogens is 562 g/mol. The molecule has 3 rings (SSSR count). The molecule has 3 aromatic rings. The van der Waals surface area contributed by atoms with Gasteiger partial charge in [0.15, 0.2) is 0 Å². The van der Waals surface area contributed by atoms with Gasteiger partial charge < -0.3 is 15.0 Å². The maximum absolute atomic E-state index is 14.1. The molecule has 0 aromatic heterocycles. The van der Waals surface area contributed by atoms with E-state index in [-0.39, 0.29) is 29.0 Å². The topological polar surface area (TPSA) is 96.0 Å². The Labute approximate surface area is 248 Å². The fourth-order valence-electron chi connectivity index (χ4n) is 4.28. The van der Waals surface area contributed by atoms with Crippen LogP contribution in [0.4, 0.5) is 5.69 Å². The number of ether oxygens (including phenoxy) is 1. The van der Waals surface area contributed by atoms with Crippen molar-refractivity contribution < 1.29 is 22.7 Å². The monoisotopic (exact) mass is 599 g/mol. The Kier molecular flexibility index (Phi) is 11.2. The summed E-state index contributed by atoms with van der Waals surface area (Å²) in [5.41, 5.74) is 1.80. The van der Waals surface area contributed by atoms with Crippen molar-refractivity contribution in [3.05, 3.63) is 88.9 Å². The van der Waals surface area contributed by atoms with Gasteiger partial charge in [-0.15, -0.1) is 0 Å². The van der Waals surface area contributed by atoms with Crippen LogP contribution in [0.5, 0.6) is 5.75 Å². The quantitative estimate of drug-likeness (QED) is 0.283. The first-order chi connectivity index (χ1) is 19.5. The molecule has 0 bridgehead atoms. The Hall–Kier alpha value is -3.56. The van der Waals surface area contributed by atoms with Crippen LogP contribution in [0.15, 0.2) is 77.7 Å². The number of rotatable bonds is 13. The van der Waals surface area contributed by atoms with E-state index in [9.17, 15) is 18.0 Å². The second-order valence-corrected chi connectivity index (χ2v) is 12.5. The molecule has 1 atom stereocenters. The van der Waals surface area contributed by atoms with Gasteiger partial charge in [-0.1, -0.05) is 74.3 Å². The minimum Gasteiger partial charge on any atom is -0.497 e. The number of nitrogens with one attached hydrogen (secondary N) is 1. The number of hydrogen-bond donors (Lipinski definition) is 1. The van der Waals surface area contributed by atoms with E-state index >= 15 is 0 Å². The number of halogens is 1. The van der Waals surface area contributed by atoms with Crippen molar-refractivity contribution in [3.63, 3.8) is 0 Å². The molecular formula is C31H38ClN3O5S. The van der Waals surface area contributed by atoms with Gasteiger partial charge >= 0.3 is 0 Å². The van der Waals surface area contributed by atoms with Crippen LogP contribution < -0.4 is 14.4 Å². The van der Waals surface area contributed by atoms with Crippen molar-refractivity contribution in [2.45, 2.75) is 51.6 Å². The first-order valence-corrected chi connectivity index (χ1v) is 15.3. The van der Waals surface area contributed by atoms with E-state index in [1.807, 2.05) is 27.7 Å². The summed E-state index contributed by atoms with van der Waals surface area (Å²) in [6.07, 6.45) is 0.323. The number of methoxy groups -OCH3 is 1. The van der Waals surface area contributed by atoms with Crippen LogP contribution in [-0.4, -0.2) is 51.4 Å². The van der Waals surface area contributed by atoms with Crippen LogP contribution in [0.25, 0.3) is 0 Å². The van der Waals surface area contributed by atoms with E-state index in [4.69, 9.17) is 16.3 Å². The zero-order valence-corrected chi connectivity index (χ0v) is 25.7.